The van der Waals surface area contributed by atoms with Gasteiger partial charge in [0.1, 0.15) is 5.82 Å². The summed E-state index contributed by atoms with van der Waals surface area (Å²) < 4.78 is 12.8. The Kier molecular flexibility index (Phi) is 5.26. The fraction of sp³-hybridized carbons (Fsp3) is 0.222. The molecular formula is C18H17FN2O. The molecule has 4 heteroatoms. The summed E-state index contributed by atoms with van der Waals surface area (Å²) in [5, 5.41) is 11.8. The molecule has 0 aliphatic heterocycles. The molecule has 1 atom stereocenters. The summed E-state index contributed by atoms with van der Waals surface area (Å²) in [6.45, 7) is 1.88. The number of carbonyl (C=O) groups excluding carboxylic acids is 1. The number of carbonyl (C=O) groups is 1. The lowest BCUT2D eigenvalue weighted by atomic mass is 10.0. The van der Waals surface area contributed by atoms with Gasteiger partial charge in [-0.05, 0) is 48.7 Å². The second kappa shape index (κ2) is 7.37. The number of aryl methyl sites for hydroxylation is 1. The summed E-state index contributed by atoms with van der Waals surface area (Å²) in [5.74, 6) is -0.349. The van der Waals surface area contributed by atoms with Gasteiger partial charge in [-0.2, -0.15) is 5.26 Å². The van der Waals surface area contributed by atoms with E-state index in [-0.39, 0.29) is 17.8 Å². The average Bonchev–Trinajstić information content (AvgIpc) is 2.54. The molecule has 2 rings (SSSR count). The van der Waals surface area contributed by atoms with E-state index in [1.165, 1.54) is 12.1 Å². The van der Waals surface area contributed by atoms with E-state index >= 15 is 0 Å². The van der Waals surface area contributed by atoms with Gasteiger partial charge in [-0.15, -0.1) is 0 Å². The van der Waals surface area contributed by atoms with E-state index < -0.39 is 0 Å². The first-order chi connectivity index (χ1) is 10.6. The van der Waals surface area contributed by atoms with Crippen molar-refractivity contribution in [3.63, 3.8) is 0 Å². The van der Waals surface area contributed by atoms with Crippen molar-refractivity contribution < 1.29 is 9.18 Å². The lowest BCUT2D eigenvalue weighted by molar-refractivity contribution is -0.121. The normalized spacial score (nSPS) is 11.5. The van der Waals surface area contributed by atoms with Crippen molar-refractivity contribution in [3.8, 4) is 6.07 Å². The van der Waals surface area contributed by atoms with E-state index in [0.717, 1.165) is 11.1 Å². The highest BCUT2D eigenvalue weighted by molar-refractivity contribution is 5.76. The third-order valence-electron chi connectivity index (χ3n) is 3.45. The molecule has 0 saturated carbocycles. The molecule has 0 unspecified atom stereocenters. The van der Waals surface area contributed by atoms with E-state index in [1.807, 2.05) is 13.0 Å². The molecule has 112 valence electrons. The standard InChI is InChI=1S/C18H17FN2O/c1-13(16-4-2-3-15(11-16)12-20)21-18(22)10-7-14-5-8-17(19)9-6-14/h2-6,8-9,11,13H,7,10H2,1H3,(H,21,22)/t13-/m0/s1. The maximum Gasteiger partial charge on any atom is 0.220 e. The molecule has 0 heterocycles. The Morgan fingerprint density at radius 2 is 2.00 bits per heavy atom. The number of hydrogen-bond acceptors (Lipinski definition) is 2. The maximum atomic E-state index is 12.8. The Morgan fingerprint density at radius 1 is 1.27 bits per heavy atom. The third-order valence-corrected chi connectivity index (χ3v) is 3.45. The van der Waals surface area contributed by atoms with Gasteiger partial charge >= 0.3 is 0 Å². The number of rotatable bonds is 5. The van der Waals surface area contributed by atoms with E-state index in [1.54, 1.807) is 30.3 Å². The molecule has 3 nitrogen and oxygen atoms in total. The fourth-order valence-electron chi connectivity index (χ4n) is 2.18. The number of amides is 1. The van der Waals surface area contributed by atoms with Crippen molar-refractivity contribution in [3.05, 3.63) is 71.0 Å². The molecule has 0 spiro atoms. The zero-order valence-electron chi connectivity index (χ0n) is 12.3. The number of nitrogens with zero attached hydrogens (tertiary/aromatic N) is 1. The lowest BCUT2D eigenvalue weighted by Crippen LogP contribution is -2.26. The molecule has 22 heavy (non-hydrogen) atoms. The highest BCUT2D eigenvalue weighted by atomic mass is 19.1. The van der Waals surface area contributed by atoms with Crippen LogP contribution in [0.2, 0.25) is 0 Å². The van der Waals surface area contributed by atoms with Gasteiger partial charge in [-0.25, -0.2) is 4.39 Å². The number of nitriles is 1. The van der Waals surface area contributed by atoms with Gasteiger partial charge in [0.05, 0.1) is 17.7 Å². The number of benzene rings is 2. The fourth-order valence-corrected chi connectivity index (χ4v) is 2.18. The molecule has 1 amide bonds. The third kappa shape index (κ3) is 4.42. The highest BCUT2D eigenvalue weighted by Crippen LogP contribution is 2.14. The Hall–Kier alpha value is -2.67. The van der Waals surface area contributed by atoms with E-state index in [0.29, 0.717) is 18.4 Å². The van der Waals surface area contributed by atoms with Crippen molar-refractivity contribution >= 4 is 5.91 Å². The minimum Gasteiger partial charge on any atom is -0.350 e. The molecule has 0 aliphatic carbocycles. The van der Waals surface area contributed by atoms with Crippen LogP contribution in [-0.2, 0) is 11.2 Å². The molecule has 2 aromatic rings. The number of hydrogen-bond donors (Lipinski definition) is 1. The molecule has 0 aliphatic rings. The van der Waals surface area contributed by atoms with Crippen molar-refractivity contribution in [2.45, 2.75) is 25.8 Å². The Bertz CT molecular complexity index is 689. The van der Waals surface area contributed by atoms with Crippen LogP contribution in [0.4, 0.5) is 4.39 Å². The minimum atomic E-state index is -0.279. The zero-order chi connectivity index (χ0) is 15.9. The SMILES string of the molecule is C[C@H](NC(=O)CCc1ccc(F)cc1)c1cccc(C#N)c1. The van der Waals surface area contributed by atoms with Crippen LogP contribution in [0.15, 0.2) is 48.5 Å². The lowest BCUT2D eigenvalue weighted by Gasteiger charge is -2.14. The largest absolute Gasteiger partial charge is 0.350 e. The average molecular weight is 296 g/mol. The van der Waals surface area contributed by atoms with Crippen molar-refractivity contribution in [1.29, 1.82) is 5.26 Å². The molecule has 2 aromatic carbocycles. The van der Waals surface area contributed by atoms with Crippen LogP contribution in [0, 0.1) is 17.1 Å². The number of nitrogens with one attached hydrogen (secondary N) is 1. The van der Waals surface area contributed by atoms with E-state index in [9.17, 15) is 9.18 Å². The topological polar surface area (TPSA) is 52.9 Å². The van der Waals surface area contributed by atoms with Crippen LogP contribution in [-0.4, -0.2) is 5.91 Å². The van der Waals surface area contributed by atoms with Gasteiger partial charge in [0.2, 0.25) is 5.91 Å². The summed E-state index contributed by atoms with van der Waals surface area (Å²) in [7, 11) is 0. The second-order valence-electron chi connectivity index (χ2n) is 5.15. The van der Waals surface area contributed by atoms with Crippen molar-refractivity contribution in [2.24, 2.45) is 0 Å². The Balaban J connectivity index is 1.88. The molecule has 0 aromatic heterocycles. The molecule has 0 saturated heterocycles. The maximum absolute atomic E-state index is 12.8. The van der Waals surface area contributed by atoms with E-state index in [2.05, 4.69) is 11.4 Å². The first-order valence-corrected chi connectivity index (χ1v) is 7.12. The molecule has 0 bridgehead atoms. The molecule has 0 radical (unpaired) electrons. The second-order valence-corrected chi connectivity index (χ2v) is 5.15. The van der Waals surface area contributed by atoms with Gasteiger partial charge in [0.25, 0.3) is 0 Å². The van der Waals surface area contributed by atoms with Gasteiger partial charge in [-0.3, -0.25) is 4.79 Å². The Morgan fingerprint density at radius 3 is 2.68 bits per heavy atom. The predicted molar refractivity (Wildman–Crippen MR) is 82.4 cm³/mol. The van der Waals surface area contributed by atoms with Crippen LogP contribution < -0.4 is 5.32 Å². The smallest absolute Gasteiger partial charge is 0.220 e. The monoisotopic (exact) mass is 296 g/mol. The Labute approximate surface area is 129 Å². The highest BCUT2D eigenvalue weighted by Gasteiger charge is 2.10. The van der Waals surface area contributed by atoms with Gasteiger partial charge in [0, 0.05) is 6.42 Å². The van der Waals surface area contributed by atoms with Crippen LogP contribution >= 0.6 is 0 Å². The molecule has 1 N–H and O–H groups in total. The summed E-state index contributed by atoms with van der Waals surface area (Å²) >= 11 is 0. The summed E-state index contributed by atoms with van der Waals surface area (Å²) in [6, 6.07) is 15.3. The van der Waals surface area contributed by atoms with Crippen LogP contribution in [0.25, 0.3) is 0 Å². The first-order valence-electron chi connectivity index (χ1n) is 7.12. The van der Waals surface area contributed by atoms with Gasteiger partial charge < -0.3 is 5.32 Å². The molecule has 0 fully saturated rings. The van der Waals surface area contributed by atoms with Crippen LogP contribution in [0.5, 0.6) is 0 Å². The minimum absolute atomic E-state index is 0.0702. The summed E-state index contributed by atoms with van der Waals surface area (Å²) in [5.41, 5.74) is 2.40. The van der Waals surface area contributed by atoms with Crippen LogP contribution in [0.3, 0.4) is 0 Å². The quantitative estimate of drug-likeness (QED) is 0.918. The van der Waals surface area contributed by atoms with Crippen LogP contribution in [0.1, 0.15) is 36.1 Å². The molecular weight excluding hydrogens is 279 g/mol. The van der Waals surface area contributed by atoms with Crippen molar-refractivity contribution in [2.75, 3.05) is 0 Å². The summed E-state index contributed by atoms with van der Waals surface area (Å²) in [6.07, 6.45) is 0.908. The van der Waals surface area contributed by atoms with Crippen molar-refractivity contribution in [1.82, 2.24) is 5.32 Å². The number of halogens is 1. The first kappa shape index (κ1) is 15.7. The van der Waals surface area contributed by atoms with E-state index in [4.69, 9.17) is 5.26 Å². The van der Waals surface area contributed by atoms with Gasteiger partial charge in [0.15, 0.2) is 0 Å². The van der Waals surface area contributed by atoms with Gasteiger partial charge in [-0.1, -0.05) is 24.3 Å². The zero-order valence-corrected chi connectivity index (χ0v) is 12.3. The predicted octanol–water partition coefficient (Wildman–Crippen LogP) is 3.51. The summed E-state index contributed by atoms with van der Waals surface area (Å²) in [4.78, 5) is 12.0.